The molecule has 0 fully saturated rings. The Morgan fingerprint density at radius 3 is 2.40 bits per heavy atom. The zero-order valence-electron chi connectivity index (χ0n) is 10.6. The van der Waals surface area contributed by atoms with Crippen LogP contribution < -0.4 is 11.1 Å². The number of carbonyl (C=O) groups excluding carboxylic acids is 1. The zero-order chi connectivity index (χ0) is 14.5. The predicted molar refractivity (Wildman–Crippen MR) is 84.7 cm³/mol. The minimum atomic E-state index is -0.214. The Morgan fingerprint density at radius 2 is 1.80 bits per heavy atom. The number of carbonyl (C=O) groups is 1. The van der Waals surface area contributed by atoms with Crippen molar-refractivity contribution in [2.75, 3.05) is 5.32 Å². The molecule has 20 heavy (non-hydrogen) atoms. The summed E-state index contributed by atoms with van der Waals surface area (Å²) in [6.45, 7) is 0. The third-order valence-electron chi connectivity index (χ3n) is 2.72. The summed E-state index contributed by atoms with van der Waals surface area (Å²) < 4.78 is 0. The van der Waals surface area contributed by atoms with E-state index in [2.05, 4.69) is 11.2 Å². The van der Waals surface area contributed by atoms with Crippen LogP contribution in [0.2, 0.25) is 0 Å². The van der Waals surface area contributed by atoms with Crippen LogP contribution in [0.25, 0.3) is 0 Å². The van der Waals surface area contributed by atoms with Crippen molar-refractivity contribution in [3.8, 4) is 12.3 Å². The number of rotatable bonds is 3. The second-order valence-corrected chi connectivity index (χ2v) is 4.56. The van der Waals surface area contributed by atoms with Crippen LogP contribution in [0.1, 0.15) is 21.5 Å². The zero-order valence-corrected chi connectivity index (χ0v) is 11.4. The van der Waals surface area contributed by atoms with E-state index in [4.69, 9.17) is 24.4 Å². The van der Waals surface area contributed by atoms with Gasteiger partial charge in [-0.25, -0.2) is 0 Å². The molecule has 98 valence electrons. The first-order chi connectivity index (χ1) is 9.60. The largest absolute Gasteiger partial charge is 0.389 e. The van der Waals surface area contributed by atoms with Crippen LogP contribution in [0.5, 0.6) is 0 Å². The van der Waals surface area contributed by atoms with Crippen molar-refractivity contribution in [1.29, 1.82) is 0 Å². The first-order valence-corrected chi connectivity index (χ1v) is 6.29. The number of thiocarbonyl (C=S) groups is 1. The Bertz CT molecular complexity index is 699. The van der Waals surface area contributed by atoms with E-state index in [1.54, 1.807) is 48.5 Å². The number of amides is 1. The third-order valence-corrected chi connectivity index (χ3v) is 2.95. The summed E-state index contributed by atoms with van der Waals surface area (Å²) in [4.78, 5) is 12.4. The first-order valence-electron chi connectivity index (χ1n) is 5.88. The molecule has 2 aromatic rings. The average molecular weight is 280 g/mol. The molecule has 1 amide bonds. The van der Waals surface area contributed by atoms with Gasteiger partial charge in [-0.2, -0.15) is 0 Å². The molecule has 3 nitrogen and oxygen atoms in total. The van der Waals surface area contributed by atoms with Crippen molar-refractivity contribution in [1.82, 2.24) is 0 Å². The number of nitrogens with two attached hydrogens (primary N) is 1. The SMILES string of the molecule is C#Cc1cccc(NC(=O)c2ccc(C(N)=S)cc2)c1. The van der Waals surface area contributed by atoms with Gasteiger partial charge in [0.25, 0.3) is 5.91 Å². The third kappa shape index (κ3) is 3.22. The van der Waals surface area contributed by atoms with Gasteiger partial charge in [-0.3, -0.25) is 4.79 Å². The maximum absolute atomic E-state index is 12.1. The molecule has 0 bridgehead atoms. The van der Waals surface area contributed by atoms with Crippen LogP contribution in [0.4, 0.5) is 5.69 Å². The van der Waals surface area contributed by atoms with Gasteiger partial charge in [0.1, 0.15) is 4.99 Å². The lowest BCUT2D eigenvalue weighted by Crippen LogP contribution is -2.13. The molecule has 0 radical (unpaired) electrons. The monoisotopic (exact) mass is 280 g/mol. The van der Waals surface area contributed by atoms with E-state index in [0.29, 0.717) is 21.8 Å². The molecule has 2 rings (SSSR count). The van der Waals surface area contributed by atoms with Crippen LogP contribution in [0, 0.1) is 12.3 Å². The molecule has 0 aliphatic heterocycles. The van der Waals surface area contributed by atoms with Gasteiger partial charge in [0, 0.05) is 22.4 Å². The van der Waals surface area contributed by atoms with Gasteiger partial charge in [0.2, 0.25) is 0 Å². The van der Waals surface area contributed by atoms with E-state index in [-0.39, 0.29) is 5.91 Å². The first kappa shape index (κ1) is 13.8. The molecule has 0 aliphatic carbocycles. The van der Waals surface area contributed by atoms with Crippen LogP contribution in [0.3, 0.4) is 0 Å². The molecule has 2 aromatic carbocycles. The lowest BCUT2D eigenvalue weighted by atomic mass is 10.1. The molecule has 0 aromatic heterocycles. The van der Waals surface area contributed by atoms with E-state index in [1.165, 1.54) is 0 Å². The van der Waals surface area contributed by atoms with Gasteiger partial charge in [-0.15, -0.1) is 6.42 Å². The minimum absolute atomic E-state index is 0.214. The van der Waals surface area contributed by atoms with E-state index < -0.39 is 0 Å². The normalized spacial score (nSPS) is 9.55. The summed E-state index contributed by atoms with van der Waals surface area (Å²) in [7, 11) is 0. The Balaban J connectivity index is 2.15. The molecule has 0 aliphatic rings. The summed E-state index contributed by atoms with van der Waals surface area (Å²) in [5.41, 5.74) is 8.13. The molecule has 0 saturated carbocycles. The van der Waals surface area contributed by atoms with Crippen molar-refractivity contribution in [3.05, 3.63) is 65.2 Å². The van der Waals surface area contributed by atoms with E-state index in [9.17, 15) is 4.79 Å². The molecule has 4 heteroatoms. The smallest absolute Gasteiger partial charge is 0.255 e. The fraction of sp³-hybridized carbons (Fsp3) is 0. The summed E-state index contributed by atoms with van der Waals surface area (Å²) in [6, 6.07) is 13.9. The van der Waals surface area contributed by atoms with Gasteiger partial charge >= 0.3 is 0 Å². The van der Waals surface area contributed by atoms with Crippen LogP contribution in [0.15, 0.2) is 48.5 Å². The van der Waals surface area contributed by atoms with Gasteiger partial charge < -0.3 is 11.1 Å². The highest BCUT2D eigenvalue weighted by molar-refractivity contribution is 7.80. The van der Waals surface area contributed by atoms with Crippen LogP contribution in [-0.2, 0) is 0 Å². The van der Waals surface area contributed by atoms with Gasteiger partial charge in [-0.05, 0) is 30.3 Å². The molecule has 0 heterocycles. The summed E-state index contributed by atoms with van der Waals surface area (Å²) in [5.74, 6) is 2.31. The van der Waals surface area contributed by atoms with E-state index in [1.807, 2.05) is 0 Å². The second-order valence-electron chi connectivity index (χ2n) is 4.12. The quantitative estimate of drug-likeness (QED) is 0.671. The second kappa shape index (κ2) is 6.00. The molecule has 0 spiro atoms. The fourth-order valence-electron chi connectivity index (χ4n) is 1.68. The van der Waals surface area contributed by atoms with Gasteiger partial charge in [0.15, 0.2) is 0 Å². The highest BCUT2D eigenvalue weighted by atomic mass is 32.1. The van der Waals surface area contributed by atoms with Gasteiger partial charge in [-0.1, -0.05) is 36.3 Å². The lowest BCUT2D eigenvalue weighted by Gasteiger charge is -2.06. The van der Waals surface area contributed by atoms with Crippen molar-refractivity contribution >= 4 is 28.8 Å². The number of hydrogen-bond donors (Lipinski definition) is 2. The number of nitrogens with one attached hydrogen (secondary N) is 1. The standard InChI is InChI=1S/C16H12N2OS/c1-2-11-4-3-5-14(10-11)18-16(19)13-8-6-12(7-9-13)15(17)20/h1,3-10H,(H2,17,20)(H,18,19). The molecule has 0 unspecified atom stereocenters. The van der Waals surface area contributed by atoms with Crippen LogP contribution in [-0.4, -0.2) is 10.9 Å². The highest BCUT2D eigenvalue weighted by Gasteiger charge is 2.06. The summed E-state index contributed by atoms with van der Waals surface area (Å²) in [5, 5.41) is 2.78. The van der Waals surface area contributed by atoms with E-state index in [0.717, 1.165) is 5.56 Å². The summed E-state index contributed by atoms with van der Waals surface area (Å²) in [6.07, 6.45) is 5.32. The van der Waals surface area contributed by atoms with Crippen molar-refractivity contribution in [2.45, 2.75) is 0 Å². The van der Waals surface area contributed by atoms with Crippen molar-refractivity contribution < 1.29 is 4.79 Å². The predicted octanol–water partition coefficient (Wildman–Crippen LogP) is 2.55. The maximum atomic E-state index is 12.1. The average Bonchev–Trinajstić information content (AvgIpc) is 2.47. The minimum Gasteiger partial charge on any atom is -0.389 e. The van der Waals surface area contributed by atoms with Gasteiger partial charge in [0.05, 0.1) is 0 Å². The molecular weight excluding hydrogens is 268 g/mol. The molecular formula is C16H12N2OS. The highest BCUT2D eigenvalue weighted by Crippen LogP contribution is 2.12. The molecule has 0 atom stereocenters. The Morgan fingerprint density at radius 1 is 1.15 bits per heavy atom. The Labute approximate surface area is 122 Å². The number of anilines is 1. The van der Waals surface area contributed by atoms with Crippen molar-refractivity contribution in [2.24, 2.45) is 5.73 Å². The molecule has 3 N–H and O–H groups in total. The number of terminal acetylenes is 1. The number of benzene rings is 2. The number of hydrogen-bond acceptors (Lipinski definition) is 2. The summed E-state index contributed by atoms with van der Waals surface area (Å²) >= 11 is 4.86. The Kier molecular flexibility index (Phi) is 4.14. The maximum Gasteiger partial charge on any atom is 0.255 e. The molecule has 0 saturated heterocycles. The Hall–Kier alpha value is -2.64. The fourth-order valence-corrected chi connectivity index (χ4v) is 1.81. The van der Waals surface area contributed by atoms with E-state index >= 15 is 0 Å². The lowest BCUT2D eigenvalue weighted by molar-refractivity contribution is 0.102. The van der Waals surface area contributed by atoms with Crippen molar-refractivity contribution in [3.63, 3.8) is 0 Å². The van der Waals surface area contributed by atoms with Crippen LogP contribution >= 0.6 is 12.2 Å². The topological polar surface area (TPSA) is 55.1 Å².